The molecule has 1 aromatic carbocycles. The largest absolute Gasteiger partial charge is 0.454 e. The number of ether oxygens (including phenoxy) is 2. The van der Waals surface area contributed by atoms with Crippen molar-refractivity contribution in [2.45, 2.75) is 5.33 Å². The molecule has 0 radical (unpaired) electrons. The fourth-order valence-electron chi connectivity index (χ4n) is 1.02. The molecule has 1 aliphatic rings. The van der Waals surface area contributed by atoms with Crippen LogP contribution in [-0.2, 0) is 5.33 Å². The van der Waals surface area contributed by atoms with E-state index in [2.05, 4.69) is 15.9 Å². The van der Waals surface area contributed by atoms with Gasteiger partial charge in [0.05, 0.1) is 0 Å². The maximum Gasteiger partial charge on any atom is 0.231 e. The van der Waals surface area contributed by atoms with Gasteiger partial charge in [0.15, 0.2) is 11.5 Å². The maximum absolute atomic E-state index is 5.20. The molecule has 0 saturated heterocycles. The minimum Gasteiger partial charge on any atom is -0.454 e. The summed E-state index contributed by atoms with van der Waals surface area (Å²) in [5, 5.41) is 0.851. The lowest BCUT2D eigenvalue weighted by Gasteiger charge is -1.97. The van der Waals surface area contributed by atoms with Gasteiger partial charge in [-0.2, -0.15) is 0 Å². The lowest BCUT2D eigenvalue weighted by molar-refractivity contribution is 0.174. The number of alkyl halides is 1. The number of hydrogen-bond donors (Lipinski definition) is 0. The van der Waals surface area contributed by atoms with Crippen molar-refractivity contribution in [1.82, 2.24) is 0 Å². The van der Waals surface area contributed by atoms with E-state index in [1.165, 1.54) is 5.56 Å². The van der Waals surface area contributed by atoms with E-state index in [0.29, 0.717) is 6.79 Å². The first-order chi connectivity index (χ1) is 5.40. The summed E-state index contributed by atoms with van der Waals surface area (Å²) >= 11 is 3.37. The van der Waals surface area contributed by atoms with Crippen LogP contribution in [0.5, 0.6) is 11.5 Å². The third-order valence-electron chi connectivity index (χ3n) is 1.59. The molecule has 1 heterocycles. The molecular formula is C8H7BrO2. The summed E-state index contributed by atoms with van der Waals surface area (Å²) in [6.45, 7) is 0.348. The van der Waals surface area contributed by atoms with Crippen molar-refractivity contribution in [1.29, 1.82) is 0 Å². The predicted octanol–water partition coefficient (Wildman–Crippen LogP) is 2.31. The number of benzene rings is 1. The summed E-state index contributed by atoms with van der Waals surface area (Å²) in [4.78, 5) is 0. The Labute approximate surface area is 73.3 Å². The number of halogens is 1. The van der Waals surface area contributed by atoms with Crippen molar-refractivity contribution in [3.63, 3.8) is 0 Å². The molecule has 0 saturated carbocycles. The van der Waals surface area contributed by atoms with Crippen molar-refractivity contribution in [2.24, 2.45) is 0 Å². The van der Waals surface area contributed by atoms with Gasteiger partial charge >= 0.3 is 0 Å². The molecule has 0 bridgehead atoms. The molecule has 3 heteroatoms. The molecule has 2 nitrogen and oxygen atoms in total. The third kappa shape index (κ3) is 1.20. The fourth-order valence-corrected chi connectivity index (χ4v) is 1.37. The van der Waals surface area contributed by atoms with Crippen LogP contribution in [0.3, 0.4) is 0 Å². The summed E-state index contributed by atoms with van der Waals surface area (Å²) < 4.78 is 10.4. The van der Waals surface area contributed by atoms with E-state index in [1.54, 1.807) is 0 Å². The van der Waals surface area contributed by atoms with Crippen LogP contribution in [0, 0.1) is 0 Å². The van der Waals surface area contributed by atoms with Gasteiger partial charge < -0.3 is 9.47 Å². The SMILES string of the molecule is Br[14CH2]c1ccc2c(c1)OCO2. The number of fused-ring (bicyclic) bond motifs is 1. The quantitative estimate of drug-likeness (QED) is 0.672. The molecule has 0 aromatic heterocycles. The van der Waals surface area contributed by atoms with Gasteiger partial charge in [0.25, 0.3) is 0 Å². The molecule has 2 rings (SSSR count). The lowest BCUT2D eigenvalue weighted by Crippen LogP contribution is -1.92. The Hall–Kier alpha value is -0.700. The van der Waals surface area contributed by atoms with Gasteiger partial charge in [-0.15, -0.1) is 0 Å². The lowest BCUT2D eigenvalue weighted by atomic mass is 10.3. The molecule has 0 aliphatic carbocycles. The van der Waals surface area contributed by atoms with E-state index < -0.39 is 0 Å². The maximum atomic E-state index is 5.20. The second kappa shape index (κ2) is 2.74. The highest BCUT2D eigenvalue weighted by Crippen LogP contribution is 2.32. The summed E-state index contributed by atoms with van der Waals surface area (Å²) in [5.74, 6) is 1.69. The smallest absolute Gasteiger partial charge is 0.231 e. The van der Waals surface area contributed by atoms with Gasteiger partial charge in [-0.1, -0.05) is 22.0 Å². The molecule has 0 spiro atoms. The summed E-state index contributed by atoms with van der Waals surface area (Å²) in [5.41, 5.74) is 1.20. The minimum absolute atomic E-state index is 0.348. The zero-order valence-electron chi connectivity index (χ0n) is 5.84. The highest BCUT2D eigenvalue weighted by atomic mass is 79.9. The first kappa shape index (κ1) is 6.98. The highest BCUT2D eigenvalue weighted by Gasteiger charge is 2.12. The van der Waals surface area contributed by atoms with Crippen LogP contribution >= 0.6 is 15.9 Å². The molecular weight excluding hydrogens is 210 g/mol. The third-order valence-corrected chi connectivity index (χ3v) is 2.24. The zero-order chi connectivity index (χ0) is 7.68. The molecule has 11 heavy (non-hydrogen) atoms. The van der Waals surface area contributed by atoms with Crippen LogP contribution in [-0.4, -0.2) is 6.79 Å². The topological polar surface area (TPSA) is 18.5 Å². The minimum atomic E-state index is 0.348. The summed E-state index contributed by atoms with van der Waals surface area (Å²) in [6, 6.07) is 5.93. The Morgan fingerprint density at radius 1 is 1.27 bits per heavy atom. The van der Waals surface area contributed by atoms with Crippen LogP contribution in [0.4, 0.5) is 0 Å². The monoisotopic (exact) mass is 216 g/mol. The van der Waals surface area contributed by atoms with E-state index in [1.807, 2.05) is 18.2 Å². The summed E-state index contributed by atoms with van der Waals surface area (Å²) in [6.07, 6.45) is 0. The van der Waals surface area contributed by atoms with Crippen LogP contribution in [0.15, 0.2) is 18.2 Å². The van der Waals surface area contributed by atoms with Crippen molar-refractivity contribution in [3.05, 3.63) is 23.8 Å². The van der Waals surface area contributed by atoms with Gasteiger partial charge in [0, 0.05) is 5.33 Å². The second-order valence-corrected chi connectivity index (χ2v) is 2.88. The first-order valence-electron chi connectivity index (χ1n) is 3.34. The standard InChI is InChI=1S/C8H7BrO2/c9-4-6-1-2-7-8(3-6)11-5-10-7/h1-3H,4-5H2/i4+2. The Balaban J connectivity index is 2.41. The van der Waals surface area contributed by atoms with Crippen molar-refractivity contribution in [2.75, 3.05) is 6.79 Å². The van der Waals surface area contributed by atoms with E-state index in [0.717, 1.165) is 16.8 Å². The van der Waals surface area contributed by atoms with Gasteiger partial charge in [0.1, 0.15) is 0 Å². The van der Waals surface area contributed by atoms with E-state index in [4.69, 9.17) is 9.47 Å². The van der Waals surface area contributed by atoms with Gasteiger partial charge in [-0.05, 0) is 17.7 Å². The molecule has 0 N–H and O–H groups in total. The van der Waals surface area contributed by atoms with Crippen molar-refractivity contribution < 1.29 is 9.47 Å². The van der Waals surface area contributed by atoms with Crippen LogP contribution in [0.2, 0.25) is 0 Å². The van der Waals surface area contributed by atoms with Crippen LogP contribution in [0.1, 0.15) is 5.56 Å². The average molecular weight is 217 g/mol. The normalized spacial score (nSPS) is 13.5. The molecule has 0 unspecified atom stereocenters. The Morgan fingerprint density at radius 3 is 2.91 bits per heavy atom. The second-order valence-electron chi connectivity index (χ2n) is 2.32. The van der Waals surface area contributed by atoms with Crippen LogP contribution in [0.25, 0.3) is 0 Å². The van der Waals surface area contributed by atoms with Gasteiger partial charge in [-0.3, -0.25) is 0 Å². The molecule has 0 amide bonds. The van der Waals surface area contributed by atoms with Gasteiger partial charge in [-0.25, -0.2) is 0 Å². The molecule has 0 atom stereocenters. The molecule has 58 valence electrons. The van der Waals surface area contributed by atoms with Gasteiger partial charge in [0.2, 0.25) is 6.79 Å². The van der Waals surface area contributed by atoms with Crippen molar-refractivity contribution in [3.8, 4) is 11.5 Å². The first-order valence-corrected chi connectivity index (χ1v) is 4.47. The van der Waals surface area contributed by atoms with E-state index >= 15 is 0 Å². The summed E-state index contributed by atoms with van der Waals surface area (Å²) in [7, 11) is 0. The molecule has 0 fully saturated rings. The Morgan fingerprint density at radius 2 is 2.09 bits per heavy atom. The van der Waals surface area contributed by atoms with Crippen molar-refractivity contribution >= 4 is 15.9 Å². The molecule has 1 aromatic rings. The fraction of sp³-hybridized carbons (Fsp3) is 0.250. The Kier molecular flexibility index (Phi) is 1.74. The molecule has 1 aliphatic heterocycles. The highest BCUT2D eigenvalue weighted by molar-refractivity contribution is 9.08. The van der Waals surface area contributed by atoms with Crippen LogP contribution < -0.4 is 9.47 Å². The average Bonchev–Trinajstić information content (AvgIpc) is 2.50. The Bertz CT molecular complexity index is 273. The van der Waals surface area contributed by atoms with E-state index in [9.17, 15) is 0 Å². The zero-order valence-corrected chi connectivity index (χ0v) is 7.43. The number of rotatable bonds is 1. The van der Waals surface area contributed by atoms with E-state index in [-0.39, 0.29) is 0 Å². The number of hydrogen-bond acceptors (Lipinski definition) is 2. The predicted molar refractivity (Wildman–Crippen MR) is 45.2 cm³/mol.